The van der Waals surface area contributed by atoms with Crippen molar-refractivity contribution in [1.82, 2.24) is 4.83 Å². The van der Waals surface area contributed by atoms with Crippen LogP contribution >= 0.6 is 11.6 Å². The van der Waals surface area contributed by atoms with Crippen LogP contribution < -0.4 is 14.3 Å². The van der Waals surface area contributed by atoms with Crippen LogP contribution in [-0.4, -0.2) is 32.8 Å². The zero-order valence-electron chi connectivity index (χ0n) is 15.8. The van der Waals surface area contributed by atoms with E-state index in [0.29, 0.717) is 35.3 Å². The summed E-state index contributed by atoms with van der Waals surface area (Å²) >= 11 is 6.25. The highest BCUT2D eigenvalue weighted by molar-refractivity contribution is 7.89. The smallest absolute Gasteiger partial charge is 0.276 e. The van der Waals surface area contributed by atoms with Crippen molar-refractivity contribution < 1.29 is 22.8 Å². The molecule has 0 aromatic heterocycles. The summed E-state index contributed by atoms with van der Waals surface area (Å²) in [5.41, 5.74) is 0.136. The summed E-state index contributed by atoms with van der Waals surface area (Å²) in [4.78, 5) is 11.9. The molecule has 0 saturated carbocycles. The number of hydrogen-bond acceptors (Lipinski definition) is 7. The molecule has 0 fully saturated rings. The van der Waals surface area contributed by atoms with Gasteiger partial charge in [0.05, 0.1) is 34.3 Å². The predicted molar refractivity (Wildman–Crippen MR) is 109 cm³/mol. The van der Waals surface area contributed by atoms with Gasteiger partial charge >= 0.3 is 0 Å². The molecule has 11 heteroatoms. The van der Waals surface area contributed by atoms with E-state index in [1.807, 2.05) is 18.7 Å². The molecule has 9 nitrogen and oxygen atoms in total. The monoisotopic (exact) mass is 441 g/mol. The second-order valence-electron chi connectivity index (χ2n) is 5.72. The van der Waals surface area contributed by atoms with Gasteiger partial charge in [-0.2, -0.15) is 13.5 Å². The van der Waals surface area contributed by atoms with Gasteiger partial charge in [0.2, 0.25) is 0 Å². The Labute approximate surface area is 173 Å². The van der Waals surface area contributed by atoms with Gasteiger partial charge in [-0.25, -0.2) is 4.83 Å². The first-order valence-corrected chi connectivity index (χ1v) is 10.5. The number of ether oxygens (including phenoxy) is 2. The van der Waals surface area contributed by atoms with Crippen molar-refractivity contribution in [2.75, 3.05) is 13.2 Å². The molecular weight excluding hydrogens is 422 g/mol. The summed E-state index contributed by atoms with van der Waals surface area (Å²) in [6, 6.07) is 7.82. The van der Waals surface area contributed by atoms with Crippen molar-refractivity contribution in [2.45, 2.75) is 25.2 Å². The molecule has 2 aromatic rings. The van der Waals surface area contributed by atoms with E-state index in [2.05, 4.69) is 5.10 Å². The van der Waals surface area contributed by atoms with Crippen molar-refractivity contribution in [2.24, 2.45) is 5.10 Å². The van der Waals surface area contributed by atoms with Gasteiger partial charge in [0.1, 0.15) is 0 Å². The van der Waals surface area contributed by atoms with Gasteiger partial charge < -0.3 is 9.47 Å². The highest BCUT2D eigenvalue weighted by Gasteiger charge is 2.17. The summed E-state index contributed by atoms with van der Waals surface area (Å²) in [5.74, 6) is 0.820. The second-order valence-corrected chi connectivity index (χ2v) is 7.79. The van der Waals surface area contributed by atoms with E-state index in [-0.39, 0.29) is 10.6 Å². The molecule has 0 spiro atoms. The third-order valence-electron chi connectivity index (χ3n) is 3.51. The molecule has 0 saturated heterocycles. The third kappa shape index (κ3) is 6.06. The first-order valence-electron chi connectivity index (χ1n) is 8.67. The number of nitrogens with one attached hydrogen (secondary N) is 1. The van der Waals surface area contributed by atoms with Crippen molar-refractivity contribution in [1.29, 1.82) is 0 Å². The summed E-state index contributed by atoms with van der Waals surface area (Å²) < 4.78 is 35.7. The molecule has 0 aliphatic rings. The summed E-state index contributed by atoms with van der Waals surface area (Å²) in [7, 11) is -4.08. The molecule has 0 amide bonds. The fourth-order valence-electron chi connectivity index (χ4n) is 2.26. The van der Waals surface area contributed by atoms with Gasteiger partial charge in [0, 0.05) is 12.1 Å². The molecule has 0 heterocycles. The normalized spacial score (nSPS) is 11.4. The molecule has 156 valence electrons. The Morgan fingerprint density at radius 2 is 2.00 bits per heavy atom. The van der Waals surface area contributed by atoms with E-state index >= 15 is 0 Å². The fraction of sp³-hybridized carbons (Fsp3) is 0.278. The molecular formula is C18H20ClN3O6S. The van der Waals surface area contributed by atoms with Gasteiger partial charge in [-0.1, -0.05) is 24.6 Å². The lowest BCUT2D eigenvalue weighted by atomic mass is 10.2. The maximum absolute atomic E-state index is 12.3. The Morgan fingerprint density at radius 1 is 1.24 bits per heavy atom. The zero-order chi connectivity index (χ0) is 21.4. The molecule has 0 radical (unpaired) electrons. The lowest BCUT2D eigenvalue weighted by molar-refractivity contribution is -0.385. The summed E-state index contributed by atoms with van der Waals surface area (Å²) in [6.07, 6.45) is 2.04. The Hall–Kier alpha value is -2.85. The van der Waals surface area contributed by atoms with Crippen molar-refractivity contribution >= 4 is 33.5 Å². The van der Waals surface area contributed by atoms with E-state index in [4.69, 9.17) is 21.1 Å². The van der Waals surface area contributed by atoms with E-state index < -0.39 is 14.9 Å². The lowest BCUT2D eigenvalue weighted by Gasteiger charge is -2.13. The lowest BCUT2D eigenvalue weighted by Crippen LogP contribution is -2.18. The van der Waals surface area contributed by atoms with Crippen LogP contribution in [0.25, 0.3) is 0 Å². The van der Waals surface area contributed by atoms with Crippen molar-refractivity contribution in [3.05, 3.63) is 57.1 Å². The number of non-ortho nitro benzene ring substituents is 1. The van der Waals surface area contributed by atoms with Crippen LogP contribution in [0.1, 0.15) is 25.8 Å². The number of nitro benzene ring substituents is 1. The van der Waals surface area contributed by atoms with Gasteiger partial charge in [-0.15, -0.1) is 0 Å². The Kier molecular flexibility index (Phi) is 7.80. The predicted octanol–water partition coefficient (Wildman–Crippen LogP) is 3.75. The quantitative estimate of drug-likeness (QED) is 0.340. The van der Waals surface area contributed by atoms with Gasteiger partial charge in [-0.3, -0.25) is 10.1 Å². The van der Waals surface area contributed by atoms with Crippen LogP contribution in [0.4, 0.5) is 5.69 Å². The molecule has 1 N–H and O–H groups in total. The maximum Gasteiger partial charge on any atom is 0.276 e. The molecule has 0 aliphatic carbocycles. The van der Waals surface area contributed by atoms with Gasteiger partial charge in [-0.05, 0) is 37.1 Å². The van der Waals surface area contributed by atoms with Crippen LogP contribution in [0.3, 0.4) is 0 Å². The average molecular weight is 442 g/mol. The van der Waals surface area contributed by atoms with Gasteiger partial charge in [0.15, 0.2) is 11.5 Å². The molecule has 0 unspecified atom stereocenters. The van der Waals surface area contributed by atoms with Crippen molar-refractivity contribution in [3.8, 4) is 11.5 Å². The van der Waals surface area contributed by atoms with E-state index in [1.54, 1.807) is 12.1 Å². The van der Waals surface area contributed by atoms with Crippen molar-refractivity contribution in [3.63, 3.8) is 0 Å². The number of halogens is 1. The van der Waals surface area contributed by atoms with Crippen LogP contribution in [0, 0.1) is 10.1 Å². The minimum absolute atomic E-state index is 0.278. The highest BCUT2D eigenvalue weighted by Crippen LogP contribution is 2.36. The van der Waals surface area contributed by atoms with Crippen LogP contribution in [0.2, 0.25) is 5.02 Å². The minimum atomic E-state index is -4.08. The van der Waals surface area contributed by atoms with E-state index in [1.165, 1.54) is 24.4 Å². The number of benzene rings is 2. The summed E-state index contributed by atoms with van der Waals surface area (Å²) in [6.45, 7) is 4.63. The highest BCUT2D eigenvalue weighted by atomic mass is 35.5. The number of rotatable bonds is 10. The van der Waals surface area contributed by atoms with Gasteiger partial charge in [0.25, 0.3) is 15.7 Å². The number of nitrogens with zero attached hydrogens (tertiary/aromatic N) is 2. The largest absolute Gasteiger partial charge is 0.490 e. The Morgan fingerprint density at radius 3 is 2.66 bits per heavy atom. The number of sulfonamides is 1. The average Bonchev–Trinajstić information content (AvgIpc) is 2.67. The molecule has 2 rings (SSSR count). The Bertz CT molecular complexity index is 1010. The zero-order valence-corrected chi connectivity index (χ0v) is 17.4. The molecule has 29 heavy (non-hydrogen) atoms. The topological polar surface area (TPSA) is 120 Å². The molecule has 0 atom stereocenters. The summed E-state index contributed by atoms with van der Waals surface area (Å²) in [5, 5.41) is 14.8. The minimum Gasteiger partial charge on any atom is -0.490 e. The van der Waals surface area contributed by atoms with Crippen LogP contribution in [0.5, 0.6) is 11.5 Å². The number of hydrazone groups is 1. The molecule has 0 aliphatic heterocycles. The van der Waals surface area contributed by atoms with Crippen LogP contribution in [0.15, 0.2) is 46.4 Å². The third-order valence-corrected chi connectivity index (χ3v) is 5.01. The standard InChI is InChI=1S/C18H20ClN3O6S/c1-3-8-28-18-16(19)9-13(10-17(18)27-4-2)12-20-21-29(25,26)15-7-5-6-14(11-15)22(23)24/h5-7,9-12,21H,3-4,8H2,1-2H3/b20-12+. The van der Waals surface area contributed by atoms with Crippen LogP contribution in [-0.2, 0) is 10.0 Å². The SMILES string of the molecule is CCCOc1c(Cl)cc(/C=N/NS(=O)(=O)c2cccc([N+](=O)[O-])c2)cc1OCC. The molecule has 2 aromatic carbocycles. The first kappa shape index (κ1) is 22.4. The number of hydrogen-bond donors (Lipinski definition) is 1. The molecule has 0 bridgehead atoms. The maximum atomic E-state index is 12.3. The fourth-order valence-corrected chi connectivity index (χ4v) is 3.36. The van der Waals surface area contributed by atoms with E-state index in [9.17, 15) is 18.5 Å². The Balaban J connectivity index is 2.22. The number of nitro groups is 1. The second kappa shape index (κ2) is 10.1. The first-order chi connectivity index (χ1) is 13.8. The van der Waals surface area contributed by atoms with E-state index in [0.717, 1.165) is 12.5 Å².